The van der Waals surface area contributed by atoms with Crippen LogP contribution in [-0.2, 0) is 13.1 Å². The number of nitrogens with zero attached hydrogens (tertiary/aromatic N) is 4. The third kappa shape index (κ3) is 11.0. The molecule has 4 nitrogen and oxygen atoms in total. The van der Waals surface area contributed by atoms with Crippen LogP contribution < -0.4 is 0 Å². The molecule has 2 aromatic rings. The Hall–Kier alpha value is -1.29. The summed E-state index contributed by atoms with van der Waals surface area (Å²) in [6, 6.07) is 0. The maximum atomic E-state index is 4.07. The van der Waals surface area contributed by atoms with Gasteiger partial charge in [0.1, 0.15) is 0 Å². The van der Waals surface area contributed by atoms with Crippen molar-refractivity contribution in [2.75, 3.05) is 0 Å². The average molecular weight is 367 g/mol. The highest BCUT2D eigenvalue weighted by Gasteiger charge is 1.95. The standard InChI is InChI=1S/C20H34N4.ClH/c1(3-5-7-9-11-15-23-17-13-21-19-23)2-4-6-8-10-12-16-24-18-14-22-20-24;/h13-14,17-20H,1-12,15-16H2;1H. The van der Waals surface area contributed by atoms with Gasteiger partial charge in [-0.3, -0.25) is 0 Å². The van der Waals surface area contributed by atoms with Crippen LogP contribution in [0.2, 0.25) is 0 Å². The molecule has 0 saturated heterocycles. The van der Waals surface area contributed by atoms with Crippen LogP contribution in [-0.4, -0.2) is 19.1 Å². The van der Waals surface area contributed by atoms with Crippen molar-refractivity contribution in [3.05, 3.63) is 37.4 Å². The highest BCUT2D eigenvalue weighted by molar-refractivity contribution is 5.85. The van der Waals surface area contributed by atoms with Gasteiger partial charge < -0.3 is 9.13 Å². The minimum absolute atomic E-state index is 0. The first-order chi connectivity index (χ1) is 11.9. The van der Waals surface area contributed by atoms with E-state index < -0.39 is 0 Å². The van der Waals surface area contributed by atoms with Crippen molar-refractivity contribution in [3.8, 4) is 0 Å². The predicted octanol–water partition coefficient (Wildman–Crippen LogP) is 5.88. The lowest BCUT2D eigenvalue weighted by Gasteiger charge is -2.04. The van der Waals surface area contributed by atoms with Gasteiger partial charge in [0.05, 0.1) is 12.7 Å². The summed E-state index contributed by atoms with van der Waals surface area (Å²) in [5.41, 5.74) is 0. The topological polar surface area (TPSA) is 35.6 Å². The van der Waals surface area contributed by atoms with Crippen LogP contribution in [0.25, 0.3) is 0 Å². The Kier molecular flexibility index (Phi) is 13.1. The van der Waals surface area contributed by atoms with Crippen molar-refractivity contribution in [3.63, 3.8) is 0 Å². The lowest BCUT2D eigenvalue weighted by atomic mass is 10.1. The van der Waals surface area contributed by atoms with Crippen LogP contribution in [0.4, 0.5) is 0 Å². The highest BCUT2D eigenvalue weighted by Crippen LogP contribution is 2.12. The summed E-state index contributed by atoms with van der Waals surface area (Å²) in [6.07, 6.45) is 28.2. The van der Waals surface area contributed by atoms with E-state index in [1.165, 1.54) is 77.0 Å². The Morgan fingerprint density at radius 1 is 0.480 bits per heavy atom. The molecule has 0 saturated carbocycles. The van der Waals surface area contributed by atoms with E-state index in [1.54, 1.807) is 0 Å². The Balaban J connectivity index is 0.00000312. The summed E-state index contributed by atoms with van der Waals surface area (Å²) in [6.45, 7) is 2.25. The molecule has 0 aliphatic carbocycles. The largest absolute Gasteiger partial charge is 0.337 e. The molecular formula is C20H35ClN4. The third-order valence-corrected chi connectivity index (χ3v) is 4.70. The number of unbranched alkanes of at least 4 members (excludes halogenated alkanes) is 11. The number of halogens is 1. The van der Waals surface area contributed by atoms with Crippen molar-refractivity contribution in [1.29, 1.82) is 0 Å². The molecule has 0 aliphatic heterocycles. The van der Waals surface area contributed by atoms with E-state index in [0.29, 0.717) is 0 Å². The Morgan fingerprint density at radius 3 is 1.08 bits per heavy atom. The summed E-state index contributed by atoms with van der Waals surface area (Å²) < 4.78 is 4.35. The molecule has 0 spiro atoms. The second kappa shape index (κ2) is 15.0. The molecule has 2 rings (SSSR count). The van der Waals surface area contributed by atoms with Gasteiger partial charge in [0.15, 0.2) is 0 Å². The third-order valence-electron chi connectivity index (χ3n) is 4.70. The molecule has 0 fully saturated rings. The van der Waals surface area contributed by atoms with Gasteiger partial charge in [0, 0.05) is 37.9 Å². The molecule has 0 aromatic carbocycles. The van der Waals surface area contributed by atoms with E-state index in [-0.39, 0.29) is 12.4 Å². The quantitative estimate of drug-likeness (QED) is 0.369. The average Bonchev–Trinajstić information content (AvgIpc) is 3.28. The maximum Gasteiger partial charge on any atom is 0.0945 e. The molecule has 5 heteroatoms. The second-order valence-corrected chi connectivity index (χ2v) is 6.84. The minimum Gasteiger partial charge on any atom is -0.337 e. The fourth-order valence-corrected chi connectivity index (χ4v) is 3.19. The van der Waals surface area contributed by atoms with Gasteiger partial charge in [-0.1, -0.05) is 64.2 Å². The summed E-state index contributed by atoms with van der Waals surface area (Å²) in [7, 11) is 0. The predicted molar refractivity (Wildman–Crippen MR) is 107 cm³/mol. The summed E-state index contributed by atoms with van der Waals surface area (Å²) in [5.74, 6) is 0. The van der Waals surface area contributed by atoms with Gasteiger partial charge in [0.2, 0.25) is 0 Å². The number of aryl methyl sites for hydroxylation is 2. The zero-order chi connectivity index (χ0) is 16.7. The molecule has 0 atom stereocenters. The van der Waals surface area contributed by atoms with Crippen molar-refractivity contribution >= 4 is 12.4 Å². The summed E-state index contributed by atoms with van der Waals surface area (Å²) in [5, 5.41) is 0. The van der Waals surface area contributed by atoms with E-state index in [2.05, 4.69) is 31.5 Å². The molecular weight excluding hydrogens is 332 g/mol. The smallest absolute Gasteiger partial charge is 0.0945 e. The zero-order valence-electron chi connectivity index (χ0n) is 15.6. The lowest BCUT2D eigenvalue weighted by molar-refractivity contribution is 0.519. The van der Waals surface area contributed by atoms with E-state index >= 15 is 0 Å². The molecule has 0 N–H and O–H groups in total. The number of rotatable bonds is 15. The van der Waals surface area contributed by atoms with Gasteiger partial charge in [-0.2, -0.15) is 0 Å². The molecule has 0 bridgehead atoms. The van der Waals surface area contributed by atoms with Gasteiger partial charge in [-0.05, 0) is 12.8 Å². The molecule has 2 heterocycles. The molecule has 2 aromatic heterocycles. The normalized spacial score (nSPS) is 10.7. The van der Waals surface area contributed by atoms with Crippen LogP contribution in [0, 0.1) is 0 Å². The summed E-state index contributed by atoms with van der Waals surface area (Å²) >= 11 is 0. The first-order valence-electron chi connectivity index (χ1n) is 9.86. The maximum absolute atomic E-state index is 4.07. The van der Waals surface area contributed by atoms with E-state index in [1.807, 2.05) is 25.0 Å². The van der Waals surface area contributed by atoms with Crippen molar-refractivity contribution < 1.29 is 0 Å². The van der Waals surface area contributed by atoms with Gasteiger partial charge in [0.25, 0.3) is 0 Å². The van der Waals surface area contributed by atoms with Crippen LogP contribution in [0.3, 0.4) is 0 Å². The fourth-order valence-electron chi connectivity index (χ4n) is 3.19. The minimum atomic E-state index is 0. The van der Waals surface area contributed by atoms with Crippen molar-refractivity contribution in [1.82, 2.24) is 19.1 Å². The van der Waals surface area contributed by atoms with E-state index in [4.69, 9.17) is 0 Å². The van der Waals surface area contributed by atoms with Crippen LogP contribution in [0.15, 0.2) is 37.4 Å². The number of aromatic nitrogens is 4. The fraction of sp³-hybridized carbons (Fsp3) is 0.700. The number of hydrogen-bond donors (Lipinski definition) is 0. The van der Waals surface area contributed by atoms with Gasteiger partial charge in [-0.25, -0.2) is 9.97 Å². The molecule has 142 valence electrons. The van der Waals surface area contributed by atoms with Crippen LogP contribution in [0.1, 0.15) is 77.0 Å². The van der Waals surface area contributed by atoms with E-state index in [0.717, 1.165) is 13.1 Å². The van der Waals surface area contributed by atoms with Crippen molar-refractivity contribution in [2.24, 2.45) is 0 Å². The summed E-state index contributed by atoms with van der Waals surface area (Å²) in [4.78, 5) is 8.15. The molecule has 0 unspecified atom stereocenters. The van der Waals surface area contributed by atoms with Crippen molar-refractivity contribution in [2.45, 2.75) is 90.1 Å². The first kappa shape index (κ1) is 21.8. The SMILES string of the molecule is Cl.c1cn(CCCCCCCCCCCCCCn2ccnc2)cn1. The van der Waals surface area contributed by atoms with Gasteiger partial charge in [-0.15, -0.1) is 12.4 Å². The van der Waals surface area contributed by atoms with Crippen LogP contribution >= 0.6 is 12.4 Å². The lowest BCUT2D eigenvalue weighted by Crippen LogP contribution is -1.94. The molecule has 0 aliphatic rings. The van der Waals surface area contributed by atoms with Gasteiger partial charge >= 0.3 is 0 Å². The second-order valence-electron chi connectivity index (χ2n) is 6.84. The first-order valence-corrected chi connectivity index (χ1v) is 9.86. The molecule has 0 amide bonds. The Morgan fingerprint density at radius 2 is 0.800 bits per heavy atom. The Labute approximate surface area is 159 Å². The van der Waals surface area contributed by atoms with E-state index in [9.17, 15) is 0 Å². The molecule has 0 radical (unpaired) electrons. The number of imidazole rings is 2. The number of hydrogen-bond acceptors (Lipinski definition) is 2. The highest BCUT2D eigenvalue weighted by atomic mass is 35.5. The van der Waals surface area contributed by atoms with Crippen LogP contribution in [0.5, 0.6) is 0 Å². The zero-order valence-corrected chi connectivity index (χ0v) is 16.4. The monoisotopic (exact) mass is 366 g/mol. The Bertz CT molecular complexity index is 436. The molecule has 25 heavy (non-hydrogen) atoms.